The molecule has 0 aliphatic rings. The lowest BCUT2D eigenvalue weighted by atomic mass is 10.2. The molecule has 0 radical (unpaired) electrons. The third kappa shape index (κ3) is 3.39. The van der Waals surface area contributed by atoms with Crippen LogP contribution in [-0.2, 0) is 0 Å². The highest BCUT2D eigenvalue weighted by Gasteiger charge is 2.12. The summed E-state index contributed by atoms with van der Waals surface area (Å²) < 4.78 is 14.0. The SMILES string of the molecule is O=C(NNC(=O)c1ccccc1F)c1cncc(Br)c1. The normalized spacial score (nSPS) is 9.90. The number of hydrogen-bond acceptors (Lipinski definition) is 3. The van der Waals surface area contributed by atoms with E-state index in [0.717, 1.165) is 6.07 Å². The Labute approximate surface area is 122 Å². The summed E-state index contributed by atoms with van der Waals surface area (Å²) in [5, 5.41) is 0. The van der Waals surface area contributed by atoms with Crippen molar-refractivity contribution in [3.05, 3.63) is 64.1 Å². The Balaban J connectivity index is 2.01. The number of nitrogens with zero attached hydrogens (tertiary/aromatic N) is 1. The van der Waals surface area contributed by atoms with Crippen LogP contribution in [0.15, 0.2) is 47.2 Å². The molecule has 1 aromatic heterocycles. The molecule has 2 N–H and O–H groups in total. The van der Waals surface area contributed by atoms with Gasteiger partial charge in [-0.3, -0.25) is 25.4 Å². The van der Waals surface area contributed by atoms with Crippen molar-refractivity contribution in [2.24, 2.45) is 0 Å². The van der Waals surface area contributed by atoms with Crippen molar-refractivity contribution >= 4 is 27.7 Å². The van der Waals surface area contributed by atoms with Gasteiger partial charge in [-0.15, -0.1) is 0 Å². The Morgan fingerprint density at radius 1 is 1.10 bits per heavy atom. The standard InChI is InChI=1S/C13H9BrFN3O2/c14-9-5-8(6-16-7-9)12(19)17-18-13(20)10-3-1-2-4-11(10)15/h1-7H,(H,17,19)(H,18,20). The third-order valence-electron chi connectivity index (χ3n) is 2.38. The van der Waals surface area contributed by atoms with Gasteiger partial charge in [-0.1, -0.05) is 12.1 Å². The minimum Gasteiger partial charge on any atom is -0.267 e. The van der Waals surface area contributed by atoms with Crippen LogP contribution in [0.2, 0.25) is 0 Å². The third-order valence-corrected chi connectivity index (χ3v) is 2.81. The van der Waals surface area contributed by atoms with Crippen LogP contribution in [0.4, 0.5) is 4.39 Å². The highest BCUT2D eigenvalue weighted by atomic mass is 79.9. The lowest BCUT2D eigenvalue weighted by Gasteiger charge is -2.07. The van der Waals surface area contributed by atoms with Gasteiger partial charge in [0, 0.05) is 16.9 Å². The Bertz CT molecular complexity index is 664. The van der Waals surface area contributed by atoms with E-state index in [-0.39, 0.29) is 11.1 Å². The van der Waals surface area contributed by atoms with Crippen LogP contribution in [0.1, 0.15) is 20.7 Å². The van der Waals surface area contributed by atoms with E-state index >= 15 is 0 Å². The van der Waals surface area contributed by atoms with E-state index in [1.807, 2.05) is 0 Å². The number of hydrazine groups is 1. The van der Waals surface area contributed by atoms with Gasteiger partial charge < -0.3 is 0 Å². The number of pyridine rings is 1. The molecule has 0 spiro atoms. The molecule has 0 fully saturated rings. The Hall–Kier alpha value is -2.28. The molecule has 0 bridgehead atoms. The first-order valence-electron chi connectivity index (χ1n) is 5.53. The van der Waals surface area contributed by atoms with Gasteiger partial charge in [0.05, 0.1) is 11.1 Å². The molecule has 0 saturated heterocycles. The first-order valence-corrected chi connectivity index (χ1v) is 6.33. The van der Waals surface area contributed by atoms with Gasteiger partial charge in [-0.25, -0.2) is 4.39 Å². The molecule has 1 heterocycles. The summed E-state index contributed by atoms with van der Waals surface area (Å²) in [6.07, 6.45) is 2.87. The molecule has 1 aromatic carbocycles. The van der Waals surface area contributed by atoms with Crippen LogP contribution in [0, 0.1) is 5.82 Å². The average Bonchev–Trinajstić information content (AvgIpc) is 2.45. The number of hydrogen-bond donors (Lipinski definition) is 2. The highest BCUT2D eigenvalue weighted by Crippen LogP contribution is 2.09. The van der Waals surface area contributed by atoms with Gasteiger partial charge in [-0.2, -0.15) is 0 Å². The molecular weight excluding hydrogens is 329 g/mol. The number of halogens is 2. The van der Waals surface area contributed by atoms with Crippen LogP contribution in [0.3, 0.4) is 0 Å². The number of carbonyl (C=O) groups excluding carboxylic acids is 2. The van der Waals surface area contributed by atoms with Crippen molar-refractivity contribution in [3.8, 4) is 0 Å². The summed E-state index contributed by atoms with van der Waals surface area (Å²) in [5.41, 5.74) is 4.43. The number of rotatable bonds is 2. The summed E-state index contributed by atoms with van der Waals surface area (Å²) in [7, 11) is 0. The quantitative estimate of drug-likeness (QED) is 0.824. The summed E-state index contributed by atoms with van der Waals surface area (Å²) in [5.74, 6) is -1.95. The monoisotopic (exact) mass is 337 g/mol. The number of carbonyl (C=O) groups is 2. The van der Waals surface area contributed by atoms with E-state index in [0.29, 0.717) is 4.47 Å². The second-order valence-corrected chi connectivity index (χ2v) is 4.70. The molecule has 2 amide bonds. The van der Waals surface area contributed by atoms with E-state index in [2.05, 4.69) is 31.8 Å². The second kappa shape index (κ2) is 6.25. The van der Waals surface area contributed by atoms with Gasteiger partial charge in [0.15, 0.2) is 0 Å². The predicted molar refractivity (Wildman–Crippen MR) is 73.3 cm³/mol. The smallest absolute Gasteiger partial charge is 0.267 e. The van der Waals surface area contributed by atoms with E-state index in [9.17, 15) is 14.0 Å². The molecule has 0 saturated carbocycles. The molecule has 0 aliphatic heterocycles. The molecule has 0 atom stereocenters. The van der Waals surface area contributed by atoms with E-state index in [1.54, 1.807) is 0 Å². The van der Waals surface area contributed by atoms with Crippen molar-refractivity contribution < 1.29 is 14.0 Å². The fourth-order valence-electron chi connectivity index (χ4n) is 1.43. The highest BCUT2D eigenvalue weighted by molar-refractivity contribution is 9.10. The number of aromatic nitrogens is 1. The minimum absolute atomic E-state index is 0.153. The molecule has 2 rings (SSSR count). The zero-order valence-corrected chi connectivity index (χ0v) is 11.6. The molecule has 5 nitrogen and oxygen atoms in total. The number of benzene rings is 1. The maximum Gasteiger partial charge on any atom is 0.272 e. The zero-order valence-electron chi connectivity index (χ0n) is 10.1. The summed E-state index contributed by atoms with van der Waals surface area (Å²) >= 11 is 3.18. The lowest BCUT2D eigenvalue weighted by Crippen LogP contribution is -2.42. The van der Waals surface area contributed by atoms with E-state index < -0.39 is 17.6 Å². The first kappa shape index (κ1) is 14.1. The van der Waals surface area contributed by atoms with E-state index in [1.165, 1.54) is 36.7 Å². The molecular formula is C13H9BrFN3O2. The summed E-state index contributed by atoms with van der Waals surface area (Å²) in [4.78, 5) is 27.2. The van der Waals surface area contributed by atoms with Crippen molar-refractivity contribution in [2.45, 2.75) is 0 Å². The van der Waals surface area contributed by atoms with Crippen molar-refractivity contribution in [1.82, 2.24) is 15.8 Å². The largest absolute Gasteiger partial charge is 0.272 e. The van der Waals surface area contributed by atoms with Crippen LogP contribution in [0.5, 0.6) is 0 Å². The molecule has 102 valence electrons. The van der Waals surface area contributed by atoms with Gasteiger partial charge in [0.2, 0.25) is 0 Å². The van der Waals surface area contributed by atoms with Crippen molar-refractivity contribution in [1.29, 1.82) is 0 Å². The molecule has 20 heavy (non-hydrogen) atoms. The average molecular weight is 338 g/mol. The lowest BCUT2D eigenvalue weighted by molar-refractivity contribution is 0.0844. The first-order chi connectivity index (χ1) is 9.58. The predicted octanol–water partition coefficient (Wildman–Crippen LogP) is 2.06. The van der Waals surface area contributed by atoms with E-state index in [4.69, 9.17) is 0 Å². The summed E-state index contributed by atoms with van der Waals surface area (Å²) in [6.45, 7) is 0. The number of nitrogens with one attached hydrogen (secondary N) is 2. The maximum atomic E-state index is 13.4. The fourth-order valence-corrected chi connectivity index (χ4v) is 1.80. The van der Waals surface area contributed by atoms with Gasteiger partial charge in [0.1, 0.15) is 5.82 Å². The molecule has 2 aromatic rings. The number of amides is 2. The van der Waals surface area contributed by atoms with Crippen LogP contribution >= 0.6 is 15.9 Å². The summed E-state index contributed by atoms with van der Waals surface area (Å²) in [6, 6.07) is 7.01. The Morgan fingerprint density at radius 3 is 2.50 bits per heavy atom. The molecule has 7 heteroatoms. The van der Waals surface area contributed by atoms with Crippen molar-refractivity contribution in [2.75, 3.05) is 0 Å². The van der Waals surface area contributed by atoms with Gasteiger partial charge in [-0.05, 0) is 34.1 Å². The Kier molecular flexibility index (Phi) is 4.41. The molecule has 0 aliphatic carbocycles. The van der Waals surface area contributed by atoms with Gasteiger partial charge >= 0.3 is 0 Å². The van der Waals surface area contributed by atoms with Crippen molar-refractivity contribution in [3.63, 3.8) is 0 Å². The maximum absolute atomic E-state index is 13.4. The fraction of sp³-hybridized carbons (Fsp3) is 0. The van der Waals surface area contributed by atoms with Crippen LogP contribution < -0.4 is 10.9 Å². The zero-order chi connectivity index (χ0) is 14.5. The van der Waals surface area contributed by atoms with Crippen LogP contribution in [0.25, 0.3) is 0 Å². The topological polar surface area (TPSA) is 71.1 Å². The second-order valence-electron chi connectivity index (χ2n) is 3.78. The molecule has 0 unspecified atom stereocenters. The minimum atomic E-state index is -0.737. The Morgan fingerprint density at radius 2 is 1.80 bits per heavy atom. The van der Waals surface area contributed by atoms with Gasteiger partial charge in [0.25, 0.3) is 11.8 Å². The van der Waals surface area contributed by atoms with Crippen LogP contribution in [-0.4, -0.2) is 16.8 Å².